The Hall–Kier alpha value is -6.13. The first kappa shape index (κ1) is 77.0. The van der Waals surface area contributed by atoms with Gasteiger partial charge in [0.1, 0.15) is 44.3 Å². The van der Waals surface area contributed by atoms with Gasteiger partial charge in [-0.05, 0) is 222 Å². The molecule has 14 rings (SSSR count). The Morgan fingerprint density at radius 2 is 0.949 bits per heavy atom. The fourth-order valence-electron chi connectivity index (χ4n) is 12.2. The maximum atomic E-state index is 12.8. The molecular formula is C71H87B2BrN10Na2O13. The first-order valence-electron chi connectivity index (χ1n) is 33.1. The molecule has 28 heteroatoms. The third-order valence-corrected chi connectivity index (χ3v) is 19.1. The van der Waals surface area contributed by atoms with Gasteiger partial charge in [0.2, 0.25) is 11.8 Å². The number of hydrogen-bond donors (Lipinski definition) is 3. The molecule has 0 radical (unpaired) electrons. The van der Waals surface area contributed by atoms with E-state index in [2.05, 4.69) is 90.5 Å². The summed E-state index contributed by atoms with van der Waals surface area (Å²) in [5.74, 6) is 4.39. The van der Waals surface area contributed by atoms with Crippen molar-refractivity contribution in [3.05, 3.63) is 126 Å². The van der Waals surface area contributed by atoms with Crippen LogP contribution in [0.25, 0.3) is 67.6 Å². The van der Waals surface area contributed by atoms with Gasteiger partial charge in [0.15, 0.2) is 11.2 Å². The number of fused-ring (bicyclic) bond motifs is 2. The number of amides is 2. The van der Waals surface area contributed by atoms with Crippen molar-refractivity contribution >= 4 is 82.0 Å². The number of rotatable bonds is 10. The molecule has 0 spiro atoms. The number of carbonyl (C=O) groups excluding carboxylic acids is 3. The van der Waals surface area contributed by atoms with Gasteiger partial charge in [-0.15, -0.1) is 0 Å². The summed E-state index contributed by atoms with van der Waals surface area (Å²) < 4.78 is 48.7. The number of aromatic nitrogens is 8. The van der Waals surface area contributed by atoms with Crippen molar-refractivity contribution in [3.8, 4) is 45.4 Å². The Morgan fingerprint density at radius 3 is 1.42 bits per heavy atom. The molecule has 9 heterocycles. The minimum atomic E-state index is -0.537. The van der Waals surface area contributed by atoms with Gasteiger partial charge in [-0.2, -0.15) is 0 Å². The molecule has 0 unspecified atom stereocenters. The molecule has 2 amide bonds. The van der Waals surface area contributed by atoms with E-state index in [1.54, 1.807) is 16.0 Å². The topological polar surface area (TPSA) is 283 Å². The maximum absolute atomic E-state index is 12.8. The van der Waals surface area contributed by atoms with E-state index in [4.69, 9.17) is 56.9 Å². The van der Waals surface area contributed by atoms with Crippen molar-refractivity contribution in [2.75, 3.05) is 13.1 Å². The second-order valence-electron chi connectivity index (χ2n) is 29.1. The van der Waals surface area contributed by atoms with Gasteiger partial charge in [-0.3, -0.25) is 14.6 Å². The number of nitrogens with one attached hydrogen (secondary N) is 3. The molecule has 3 N–H and O–H groups in total. The van der Waals surface area contributed by atoms with Crippen molar-refractivity contribution in [1.29, 1.82) is 0 Å². The Kier molecular flexibility index (Phi) is 24.3. The minimum Gasteiger partial charge on any atom is -1.00 e. The second-order valence-corrected chi connectivity index (χ2v) is 30.0. The van der Waals surface area contributed by atoms with Crippen LogP contribution < -0.4 is 75.3 Å². The molecule has 4 aliphatic heterocycles. The van der Waals surface area contributed by atoms with Gasteiger partial charge in [0.05, 0.1) is 64.5 Å². The van der Waals surface area contributed by atoms with E-state index in [0.29, 0.717) is 24.2 Å². The summed E-state index contributed by atoms with van der Waals surface area (Å²) in [6.07, 6.45) is 13.6. The normalized spacial score (nSPS) is 19.1. The quantitative estimate of drug-likeness (QED) is 0.0507. The smallest absolute Gasteiger partial charge is 1.00 e. The third-order valence-electron chi connectivity index (χ3n) is 18.7. The van der Waals surface area contributed by atoms with Crippen LogP contribution >= 0.6 is 15.9 Å². The van der Waals surface area contributed by atoms with Gasteiger partial charge in [-0.25, -0.2) is 34.5 Å². The zero-order valence-corrected chi connectivity index (χ0v) is 65.3. The maximum Gasteiger partial charge on any atom is 1.00 e. The van der Waals surface area contributed by atoms with Crippen LogP contribution in [0.5, 0.6) is 0 Å². The van der Waals surface area contributed by atoms with Crippen LogP contribution in [0.3, 0.4) is 0 Å². The molecule has 5 aliphatic rings. The first-order chi connectivity index (χ1) is 45.9. The molecular weight excluding hydrogens is 1350 g/mol. The predicted octanol–water partition coefficient (Wildman–Crippen LogP) is 7.90. The zero-order valence-electron chi connectivity index (χ0n) is 60.7. The van der Waals surface area contributed by atoms with Gasteiger partial charge >= 0.3 is 85.5 Å². The van der Waals surface area contributed by atoms with Crippen molar-refractivity contribution in [2.45, 2.75) is 200 Å². The summed E-state index contributed by atoms with van der Waals surface area (Å²) in [6, 6.07) is 27.9. The molecule has 5 fully saturated rings. The number of halogens is 1. The molecule has 0 bridgehead atoms. The average Bonchev–Trinajstić information content (AvgIpc) is 1.63. The van der Waals surface area contributed by atoms with E-state index in [1.165, 1.54) is 25.7 Å². The molecule has 9 aromatic rings. The van der Waals surface area contributed by atoms with Crippen LogP contribution in [0.4, 0.5) is 9.59 Å². The van der Waals surface area contributed by atoms with Gasteiger partial charge < -0.3 is 63.4 Å². The number of likely N-dealkylation sites (tertiary alicyclic amines) is 2. The monoisotopic (exact) mass is 1430 g/mol. The summed E-state index contributed by atoms with van der Waals surface area (Å²) in [4.78, 5) is 72.8. The molecule has 4 aromatic carbocycles. The number of benzene rings is 4. The number of ether oxygens (including phenoxy) is 2. The van der Waals surface area contributed by atoms with Crippen LogP contribution in [-0.4, -0.2) is 129 Å². The largest absolute Gasteiger partial charge is 1.00 e. The average molecular weight is 1440 g/mol. The van der Waals surface area contributed by atoms with Crippen molar-refractivity contribution < 1.29 is 122 Å². The van der Waals surface area contributed by atoms with Crippen molar-refractivity contribution in [3.63, 3.8) is 0 Å². The number of carbonyl (C=O) groups is 3. The summed E-state index contributed by atoms with van der Waals surface area (Å²) in [6.45, 7) is 28.9. The molecule has 5 aromatic heterocycles. The van der Waals surface area contributed by atoms with Gasteiger partial charge in [0, 0.05) is 35.7 Å². The summed E-state index contributed by atoms with van der Waals surface area (Å²) in [5, 5.41) is 8.43. The molecule has 23 nitrogen and oxygen atoms in total. The predicted molar refractivity (Wildman–Crippen MR) is 371 cm³/mol. The number of aromatic amines is 3. The van der Waals surface area contributed by atoms with Gasteiger partial charge in [-0.1, -0.05) is 43.2 Å². The Bertz CT molecular complexity index is 4210. The summed E-state index contributed by atoms with van der Waals surface area (Å²) in [5.41, 5.74) is 8.13. The van der Waals surface area contributed by atoms with E-state index >= 15 is 0 Å². The van der Waals surface area contributed by atoms with Crippen LogP contribution in [0.2, 0.25) is 0 Å². The molecule has 1 saturated carbocycles. The molecule has 514 valence electrons. The summed E-state index contributed by atoms with van der Waals surface area (Å²) >= 11 is 3.33. The number of oxazole rings is 2. The number of hydrogen-bond acceptors (Lipinski definition) is 18. The Morgan fingerprint density at radius 1 is 0.556 bits per heavy atom. The first-order valence-corrected chi connectivity index (χ1v) is 33.9. The Balaban J connectivity index is 0.000000195. The Labute approximate surface area is 632 Å². The van der Waals surface area contributed by atoms with E-state index in [-0.39, 0.29) is 114 Å². The number of nitrogens with zero attached hydrogens (tertiary/aromatic N) is 7. The van der Waals surface area contributed by atoms with Crippen LogP contribution in [0.1, 0.15) is 185 Å². The molecule has 1 aliphatic carbocycles. The van der Waals surface area contributed by atoms with Crippen LogP contribution in [0.15, 0.2) is 117 Å². The minimum absolute atomic E-state index is 0. The van der Waals surface area contributed by atoms with E-state index in [9.17, 15) is 9.59 Å². The second kappa shape index (κ2) is 31.2. The zero-order chi connectivity index (χ0) is 69.4. The molecule has 4 saturated heterocycles. The van der Waals surface area contributed by atoms with Crippen molar-refractivity contribution in [2.24, 2.45) is 0 Å². The number of H-pyrrole nitrogens is 3. The van der Waals surface area contributed by atoms with Gasteiger partial charge in [0.25, 0.3) is 6.47 Å². The van der Waals surface area contributed by atoms with Crippen LogP contribution in [-0.2, 0) is 37.8 Å². The SMILES string of the molecule is CC(C)(C)OC(=O)N1CCC[C@H]1c1ncc(-c2ccc3oc(-c4ccc(-c5cnc(C6CCCC6)[nH]5)cc4)nc3c2)[nH]1.CC(C)(C)OC(=O)N1CCC[C@H]1c1ncc(Br)[nH]1.CC1(C)OB(c2ccc(-c3nc4cc(B5OC(C)(C)C(C)(C)O5)ccc4o3)cc2)OC1(C)C.O=CO[O-].[H-].[Na+].[Na+]. The fourth-order valence-corrected chi connectivity index (χ4v) is 12.5. The number of imidazole rings is 3. The van der Waals surface area contributed by atoms with Crippen LogP contribution in [0, 0.1) is 0 Å². The third kappa shape index (κ3) is 18.0. The van der Waals surface area contributed by atoms with E-state index in [1.807, 2.05) is 154 Å². The van der Waals surface area contributed by atoms with Crippen molar-refractivity contribution in [1.82, 2.24) is 49.7 Å². The molecule has 99 heavy (non-hydrogen) atoms. The van der Waals surface area contributed by atoms with E-state index < -0.39 is 25.4 Å². The fraction of sp³-hybridized carbons (Fsp3) is 0.465. The molecule has 2 atom stereocenters. The standard InChI is InChI=1S/C33H36N6O3.C25H31B2NO5.C12H18BrN3O2.CH2O3.2Na.H/c1-33(2,3)42-32(40)39-16-6-9-27(39)30-35-19-26(37-30)23-14-15-28-24(17-23)38-31(41-28)22-12-10-20(11-13-22)25-18-34-29(36-25)21-7-4-5-8-21;1-22(2)23(3,4)31-26(30-22)17-11-9-16(10-12-17)21-28-19-15-18(13-14-20(19)29-21)27-32-24(5,6)25(7,8)33-27;1-12(2,3)18-11(17)16-6-4-5-8(16)10-14-7-9(13)15-10;2-1-4-3;;;/h10-15,17-19,21,27H,4-9,16H2,1-3H3,(H,34,36)(H,35,37);9-15H,1-8H3;7-8H,4-6H2,1-3H3,(H,14,15);1,3H;;;/q;;;;2*+1;-1/p-1/t27-;;8-;;;;/m0.0..../s1. The summed E-state index contributed by atoms with van der Waals surface area (Å²) in [7, 11) is -0.825. The van der Waals surface area contributed by atoms with E-state index in [0.717, 1.165) is 121 Å².